The van der Waals surface area contributed by atoms with Gasteiger partial charge in [0.15, 0.2) is 5.17 Å². The van der Waals surface area contributed by atoms with Crippen molar-refractivity contribution in [3.05, 3.63) is 29.8 Å². The second-order valence-corrected chi connectivity index (χ2v) is 4.92. The molecule has 2 N–H and O–H groups in total. The van der Waals surface area contributed by atoms with Crippen LogP contribution in [0.3, 0.4) is 0 Å². The number of ether oxygens (including phenoxy) is 1. The van der Waals surface area contributed by atoms with Crippen LogP contribution in [-0.2, 0) is 4.74 Å². The van der Waals surface area contributed by atoms with Gasteiger partial charge in [-0.05, 0) is 32.9 Å². The molecule has 0 unspecified atom stereocenters. The zero-order valence-electron chi connectivity index (χ0n) is 10.4. The van der Waals surface area contributed by atoms with E-state index < -0.39 is 11.7 Å². The van der Waals surface area contributed by atoms with E-state index >= 15 is 0 Å². The van der Waals surface area contributed by atoms with Gasteiger partial charge in [0.25, 0.3) is 0 Å². The summed E-state index contributed by atoms with van der Waals surface area (Å²) in [6, 6.07) is 6.68. The first-order valence-corrected chi connectivity index (χ1v) is 5.68. The summed E-state index contributed by atoms with van der Waals surface area (Å²) in [5.74, 6) is 0. The molecule has 0 spiro atoms. The number of halogens is 1. The zero-order chi connectivity index (χ0) is 13.8. The maximum absolute atomic E-state index is 11.6. The Morgan fingerprint density at radius 2 is 2.00 bits per heavy atom. The molecule has 0 aliphatic rings. The molecular weight excluding hydrogens is 256 g/mol. The number of oxime groups is 1. The van der Waals surface area contributed by atoms with E-state index in [0.29, 0.717) is 11.3 Å². The third kappa shape index (κ3) is 4.25. The third-order valence-corrected chi connectivity index (χ3v) is 2.15. The van der Waals surface area contributed by atoms with Crippen LogP contribution in [-0.4, -0.2) is 22.1 Å². The number of amides is 1. The van der Waals surface area contributed by atoms with E-state index in [-0.39, 0.29) is 5.17 Å². The van der Waals surface area contributed by atoms with Crippen molar-refractivity contribution in [3.63, 3.8) is 0 Å². The standard InChI is InChI=1S/C12H15ClN2O3/c1-12(2,3)18-11(16)14-9-7-5-4-6-8(9)10(13)15-17/h4-7,17H,1-3H3,(H,14,16). The minimum atomic E-state index is -0.600. The average molecular weight is 271 g/mol. The fourth-order valence-electron chi connectivity index (χ4n) is 1.24. The van der Waals surface area contributed by atoms with E-state index in [1.807, 2.05) is 0 Å². The summed E-state index contributed by atoms with van der Waals surface area (Å²) in [5.41, 5.74) is 0.232. The SMILES string of the molecule is CC(C)(C)OC(=O)Nc1ccccc1C(Cl)=NO. The van der Waals surface area contributed by atoms with Crippen molar-refractivity contribution in [2.75, 3.05) is 5.32 Å². The summed E-state index contributed by atoms with van der Waals surface area (Å²) in [6.07, 6.45) is -0.600. The molecule has 1 aromatic carbocycles. The molecule has 0 heterocycles. The molecule has 0 fully saturated rings. The molecule has 18 heavy (non-hydrogen) atoms. The van der Waals surface area contributed by atoms with Crippen molar-refractivity contribution >= 4 is 28.6 Å². The Kier molecular flexibility index (Phi) is 4.55. The van der Waals surface area contributed by atoms with Gasteiger partial charge in [-0.25, -0.2) is 4.79 Å². The number of nitrogens with one attached hydrogen (secondary N) is 1. The molecule has 6 heteroatoms. The third-order valence-electron chi connectivity index (χ3n) is 1.87. The molecule has 1 aromatic rings. The maximum atomic E-state index is 11.6. The number of rotatable bonds is 2. The van der Waals surface area contributed by atoms with Crippen LogP contribution < -0.4 is 5.32 Å². The lowest BCUT2D eigenvalue weighted by Crippen LogP contribution is -2.27. The van der Waals surface area contributed by atoms with E-state index in [2.05, 4.69) is 10.5 Å². The second kappa shape index (κ2) is 5.73. The van der Waals surface area contributed by atoms with Crippen LogP contribution in [0.2, 0.25) is 0 Å². The highest BCUT2D eigenvalue weighted by Crippen LogP contribution is 2.19. The molecule has 1 rings (SSSR count). The van der Waals surface area contributed by atoms with Crippen molar-refractivity contribution in [1.82, 2.24) is 0 Å². The molecule has 0 radical (unpaired) electrons. The van der Waals surface area contributed by atoms with Crippen LogP contribution >= 0.6 is 11.6 Å². The number of hydrogen-bond donors (Lipinski definition) is 2. The van der Waals surface area contributed by atoms with Gasteiger partial charge in [0.2, 0.25) is 0 Å². The predicted molar refractivity (Wildman–Crippen MR) is 70.5 cm³/mol. The van der Waals surface area contributed by atoms with Gasteiger partial charge in [-0.2, -0.15) is 0 Å². The van der Waals surface area contributed by atoms with Crippen LogP contribution in [0.25, 0.3) is 0 Å². The molecule has 0 saturated carbocycles. The molecule has 1 amide bonds. The number of benzene rings is 1. The molecule has 0 atom stereocenters. The molecule has 0 saturated heterocycles. The van der Waals surface area contributed by atoms with Gasteiger partial charge >= 0.3 is 6.09 Å². The summed E-state index contributed by atoms with van der Waals surface area (Å²) in [5, 5.41) is 14.0. The largest absolute Gasteiger partial charge is 0.444 e. The van der Waals surface area contributed by atoms with Crippen molar-refractivity contribution < 1.29 is 14.7 Å². The normalized spacial score (nSPS) is 12.1. The van der Waals surface area contributed by atoms with E-state index in [1.54, 1.807) is 45.0 Å². The van der Waals surface area contributed by atoms with Gasteiger partial charge in [0.05, 0.1) is 5.69 Å². The highest BCUT2D eigenvalue weighted by atomic mass is 35.5. The van der Waals surface area contributed by atoms with Crippen LogP contribution in [0.4, 0.5) is 10.5 Å². The van der Waals surface area contributed by atoms with Crippen molar-refractivity contribution in [2.24, 2.45) is 5.16 Å². The summed E-state index contributed by atoms with van der Waals surface area (Å²) in [7, 11) is 0. The van der Waals surface area contributed by atoms with Crippen molar-refractivity contribution in [1.29, 1.82) is 0 Å². The van der Waals surface area contributed by atoms with Crippen molar-refractivity contribution in [3.8, 4) is 0 Å². The van der Waals surface area contributed by atoms with Gasteiger partial charge in [0, 0.05) is 5.56 Å². The van der Waals surface area contributed by atoms with Crippen LogP contribution in [0.15, 0.2) is 29.4 Å². The lowest BCUT2D eigenvalue weighted by molar-refractivity contribution is 0.0636. The number of carbonyl (C=O) groups excluding carboxylic acids is 1. The first-order valence-electron chi connectivity index (χ1n) is 5.30. The molecular formula is C12H15ClN2O3. The lowest BCUT2D eigenvalue weighted by Gasteiger charge is -2.20. The molecule has 98 valence electrons. The quantitative estimate of drug-likeness (QED) is 0.491. The van der Waals surface area contributed by atoms with Gasteiger partial charge in [-0.1, -0.05) is 28.9 Å². The Bertz CT molecular complexity index is 467. The van der Waals surface area contributed by atoms with Gasteiger partial charge in [-0.3, -0.25) is 5.32 Å². The maximum Gasteiger partial charge on any atom is 0.412 e. The first-order chi connectivity index (χ1) is 8.33. The number of para-hydroxylation sites is 1. The fourth-order valence-corrected chi connectivity index (χ4v) is 1.40. The summed E-state index contributed by atoms with van der Waals surface area (Å²) >= 11 is 5.72. The van der Waals surface area contributed by atoms with Crippen molar-refractivity contribution in [2.45, 2.75) is 26.4 Å². The Labute approximate surface area is 110 Å². The minimum absolute atomic E-state index is 0.110. The highest BCUT2D eigenvalue weighted by Gasteiger charge is 2.17. The monoisotopic (exact) mass is 270 g/mol. The second-order valence-electron chi connectivity index (χ2n) is 4.56. The van der Waals surface area contributed by atoms with E-state index in [0.717, 1.165) is 0 Å². The fraction of sp³-hybridized carbons (Fsp3) is 0.333. The number of hydrogen-bond acceptors (Lipinski definition) is 4. The summed E-state index contributed by atoms with van der Waals surface area (Å²) < 4.78 is 5.11. The Balaban J connectivity index is 2.88. The molecule has 5 nitrogen and oxygen atoms in total. The van der Waals surface area contributed by atoms with Crippen LogP contribution in [0.5, 0.6) is 0 Å². The van der Waals surface area contributed by atoms with E-state index in [9.17, 15) is 4.79 Å². The topological polar surface area (TPSA) is 70.9 Å². The summed E-state index contributed by atoms with van der Waals surface area (Å²) in [4.78, 5) is 11.6. The Morgan fingerprint density at radius 1 is 1.39 bits per heavy atom. The Morgan fingerprint density at radius 3 is 2.56 bits per heavy atom. The number of anilines is 1. The van der Waals surface area contributed by atoms with E-state index in [1.165, 1.54) is 0 Å². The molecule has 0 bridgehead atoms. The highest BCUT2D eigenvalue weighted by molar-refractivity contribution is 6.70. The predicted octanol–water partition coefficient (Wildman–Crippen LogP) is 3.41. The average Bonchev–Trinajstić information content (AvgIpc) is 2.26. The smallest absolute Gasteiger partial charge is 0.412 e. The molecule has 0 aliphatic carbocycles. The van der Waals surface area contributed by atoms with Gasteiger partial charge in [0.1, 0.15) is 5.60 Å². The zero-order valence-corrected chi connectivity index (χ0v) is 11.2. The van der Waals surface area contributed by atoms with E-state index in [4.69, 9.17) is 21.5 Å². The molecule has 0 aromatic heterocycles. The Hall–Kier alpha value is -1.75. The number of nitrogens with zero attached hydrogens (tertiary/aromatic N) is 1. The van der Waals surface area contributed by atoms with Gasteiger partial charge < -0.3 is 9.94 Å². The van der Waals surface area contributed by atoms with Gasteiger partial charge in [-0.15, -0.1) is 0 Å². The first kappa shape index (κ1) is 14.3. The number of carbonyl (C=O) groups is 1. The minimum Gasteiger partial charge on any atom is -0.444 e. The summed E-state index contributed by atoms with van der Waals surface area (Å²) in [6.45, 7) is 5.29. The van der Waals surface area contributed by atoms with Crippen LogP contribution in [0.1, 0.15) is 26.3 Å². The lowest BCUT2D eigenvalue weighted by atomic mass is 10.2. The molecule has 0 aliphatic heterocycles. The van der Waals surface area contributed by atoms with Crippen LogP contribution in [0, 0.1) is 0 Å².